The Morgan fingerprint density at radius 1 is 0.944 bits per heavy atom. The molecule has 2 nitrogen and oxygen atoms in total. The Kier molecular flexibility index (Phi) is 3.92. The van der Waals surface area contributed by atoms with E-state index in [2.05, 4.69) is 41.1 Å². The van der Waals surface area contributed by atoms with Gasteiger partial charge in [0, 0.05) is 10.0 Å². The van der Waals surface area contributed by atoms with Crippen molar-refractivity contribution in [3.05, 3.63) is 46.4 Å². The summed E-state index contributed by atoms with van der Waals surface area (Å²) in [6, 6.07) is 12.0. The molecule has 0 bridgehead atoms. The molecule has 0 atom stereocenters. The summed E-state index contributed by atoms with van der Waals surface area (Å²) in [4.78, 5) is 0. The zero-order valence-corrected chi connectivity index (χ0v) is 12.2. The van der Waals surface area contributed by atoms with Gasteiger partial charge in [-0.3, -0.25) is 0 Å². The van der Waals surface area contributed by atoms with Crippen molar-refractivity contribution in [1.82, 2.24) is 0 Å². The van der Waals surface area contributed by atoms with Gasteiger partial charge in [-0.15, -0.1) is 0 Å². The van der Waals surface area contributed by atoms with Gasteiger partial charge < -0.3 is 9.47 Å². The number of hydrogen-bond acceptors (Lipinski definition) is 2. The van der Waals surface area contributed by atoms with Crippen LogP contribution in [0.4, 0.5) is 0 Å². The Morgan fingerprint density at radius 3 is 2.06 bits per heavy atom. The molecule has 0 N–H and O–H groups in total. The fraction of sp³-hybridized carbons (Fsp3) is 0.200. The summed E-state index contributed by atoms with van der Waals surface area (Å²) in [6.07, 6.45) is 0. The van der Waals surface area contributed by atoms with Gasteiger partial charge >= 0.3 is 0 Å². The first-order chi connectivity index (χ1) is 8.67. The van der Waals surface area contributed by atoms with Gasteiger partial charge in [-0.2, -0.15) is 0 Å². The van der Waals surface area contributed by atoms with Gasteiger partial charge in [0.15, 0.2) is 0 Å². The summed E-state index contributed by atoms with van der Waals surface area (Å²) in [5, 5.41) is 0. The Labute approximate surface area is 116 Å². The zero-order valence-electron chi connectivity index (χ0n) is 10.7. The molecular weight excluding hydrogens is 292 g/mol. The molecule has 0 unspecified atom stereocenters. The summed E-state index contributed by atoms with van der Waals surface area (Å²) in [6.45, 7) is 2.06. The first-order valence-electron chi connectivity index (χ1n) is 5.65. The fourth-order valence-electron chi connectivity index (χ4n) is 1.94. The summed E-state index contributed by atoms with van der Waals surface area (Å²) < 4.78 is 11.9. The van der Waals surface area contributed by atoms with Crippen LogP contribution in [0.25, 0.3) is 11.1 Å². The van der Waals surface area contributed by atoms with E-state index in [-0.39, 0.29) is 0 Å². The minimum atomic E-state index is 0.805. The Hall–Kier alpha value is -1.48. The second kappa shape index (κ2) is 5.44. The molecule has 0 fully saturated rings. The lowest BCUT2D eigenvalue weighted by atomic mass is 10.0. The number of aryl methyl sites for hydroxylation is 1. The van der Waals surface area contributed by atoms with Crippen molar-refractivity contribution < 1.29 is 9.47 Å². The Balaban J connectivity index is 2.68. The van der Waals surface area contributed by atoms with E-state index in [1.54, 1.807) is 14.2 Å². The summed E-state index contributed by atoms with van der Waals surface area (Å²) in [7, 11) is 3.33. The van der Waals surface area contributed by atoms with E-state index in [1.807, 2.05) is 18.2 Å². The minimum absolute atomic E-state index is 0.805. The van der Waals surface area contributed by atoms with Crippen LogP contribution in [-0.2, 0) is 0 Å². The van der Waals surface area contributed by atoms with Gasteiger partial charge in [0.1, 0.15) is 11.5 Å². The number of ether oxygens (including phenoxy) is 2. The fourth-order valence-corrected chi connectivity index (χ4v) is 2.63. The van der Waals surface area contributed by atoms with Crippen molar-refractivity contribution in [3.8, 4) is 22.6 Å². The van der Waals surface area contributed by atoms with Crippen LogP contribution in [0.15, 0.2) is 40.9 Å². The van der Waals surface area contributed by atoms with Crippen LogP contribution in [0.1, 0.15) is 5.56 Å². The van der Waals surface area contributed by atoms with E-state index in [1.165, 1.54) is 5.56 Å². The van der Waals surface area contributed by atoms with E-state index in [0.717, 1.165) is 27.1 Å². The third-order valence-corrected chi connectivity index (χ3v) is 3.48. The molecule has 0 aromatic heterocycles. The molecule has 0 spiro atoms. The van der Waals surface area contributed by atoms with Crippen molar-refractivity contribution in [2.24, 2.45) is 0 Å². The van der Waals surface area contributed by atoms with Crippen molar-refractivity contribution in [2.75, 3.05) is 14.2 Å². The minimum Gasteiger partial charge on any atom is -0.496 e. The Bertz CT molecular complexity index is 542. The molecule has 0 aliphatic carbocycles. The molecular formula is C15H15BrO2. The number of hydrogen-bond donors (Lipinski definition) is 0. The highest BCUT2D eigenvalue weighted by Gasteiger charge is 2.14. The number of halogens is 1. The van der Waals surface area contributed by atoms with Gasteiger partial charge in [0.25, 0.3) is 0 Å². The smallest absolute Gasteiger partial charge is 0.130 e. The first kappa shape index (κ1) is 13.0. The highest BCUT2D eigenvalue weighted by molar-refractivity contribution is 9.10. The van der Waals surface area contributed by atoms with Gasteiger partial charge in [0.05, 0.1) is 19.8 Å². The monoisotopic (exact) mass is 306 g/mol. The molecule has 0 saturated heterocycles. The SMILES string of the molecule is COc1cccc(OC)c1-c1ccc(C)cc1Br. The van der Waals surface area contributed by atoms with Crippen LogP contribution in [0.3, 0.4) is 0 Å². The van der Waals surface area contributed by atoms with Crippen LogP contribution in [0.2, 0.25) is 0 Å². The quantitative estimate of drug-likeness (QED) is 0.834. The standard InChI is InChI=1S/C15H15BrO2/c1-10-7-8-11(12(16)9-10)15-13(17-2)5-4-6-14(15)18-3/h4-9H,1-3H3. The predicted octanol–water partition coefficient (Wildman–Crippen LogP) is 4.44. The highest BCUT2D eigenvalue weighted by atomic mass is 79.9. The van der Waals surface area contributed by atoms with Crippen molar-refractivity contribution in [2.45, 2.75) is 6.92 Å². The van der Waals surface area contributed by atoms with Crippen LogP contribution in [-0.4, -0.2) is 14.2 Å². The topological polar surface area (TPSA) is 18.5 Å². The lowest BCUT2D eigenvalue weighted by Crippen LogP contribution is -1.93. The molecule has 0 heterocycles. The van der Waals surface area contributed by atoms with Crippen molar-refractivity contribution in [3.63, 3.8) is 0 Å². The van der Waals surface area contributed by atoms with E-state index < -0.39 is 0 Å². The van der Waals surface area contributed by atoms with Crippen LogP contribution in [0, 0.1) is 6.92 Å². The second-order valence-corrected chi connectivity index (χ2v) is 4.88. The van der Waals surface area contributed by atoms with Crippen LogP contribution < -0.4 is 9.47 Å². The van der Waals surface area contributed by atoms with Crippen molar-refractivity contribution >= 4 is 15.9 Å². The average molecular weight is 307 g/mol. The molecule has 18 heavy (non-hydrogen) atoms. The van der Waals surface area contributed by atoms with Crippen molar-refractivity contribution in [1.29, 1.82) is 0 Å². The maximum Gasteiger partial charge on any atom is 0.130 e. The molecule has 0 aliphatic rings. The number of rotatable bonds is 3. The van der Waals surface area contributed by atoms with Gasteiger partial charge in [-0.25, -0.2) is 0 Å². The average Bonchev–Trinajstić information content (AvgIpc) is 2.38. The van der Waals surface area contributed by atoms with E-state index in [9.17, 15) is 0 Å². The third kappa shape index (κ3) is 2.36. The Morgan fingerprint density at radius 2 is 1.56 bits per heavy atom. The maximum absolute atomic E-state index is 5.43. The summed E-state index contributed by atoms with van der Waals surface area (Å²) in [5.74, 6) is 1.61. The molecule has 0 radical (unpaired) electrons. The maximum atomic E-state index is 5.43. The molecule has 0 aliphatic heterocycles. The van der Waals surface area contributed by atoms with E-state index in [0.29, 0.717) is 0 Å². The van der Waals surface area contributed by atoms with Gasteiger partial charge in [-0.1, -0.05) is 34.1 Å². The van der Waals surface area contributed by atoms with E-state index in [4.69, 9.17) is 9.47 Å². The molecule has 2 aromatic carbocycles. The largest absolute Gasteiger partial charge is 0.496 e. The van der Waals surface area contributed by atoms with Crippen LogP contribution >= 0.6 is 15.9 Å². The molecule has 2 rings (SSSR count). The molecule has 0 amide bonds. The molecule has 3 heteroatoms. The van der Waals surface area contributed by atoms with Gasteiger partial charge in [0.2, 0.25) is 0 Å². The van der Waals surface area contributed by atoms with Gasteiger partial charge in [-0.05, 0) is 30.7 Å². The summed E-state index contributed by atoms with van der Waals surface area (Å²) in [5.41, 5.74) is 3.24. The molecule has 2 aromatic rings. The second-order valence-electron chi connectivity index (χ2n) is 4.02. The number of methoxy groups -OCH3 is 2. The highest BCUT2D eigenvalue weighted by Crippen LogP contribution is 2.41. The summed E-state index contributed by atoms with van der Waals surface area (Å²) >= 11 is 3.60. The third-order valence-electron chi connectivity index (χ3n) is 2.82. The van der Waals surface area contributed by atoms with Crippen LogP contribution in [0.5, 0.6) is 11.5 Å². The number of benzene rings is 2. The first-order valence-corrected chi connectivity index (χ1v) is 6.44. The zero-order chi connectivity index (χ0) is 13.1. The molecule has 0 saturated carbocycles. The predicted molar refractivity (Wildman–Crippen MR) is 77.4 cm³/mol. The normalized spacial score (nSPS) is 10.2. The van der Waals surface area contributed by atoms with E-state index >= 15 is 0 Å². The lowest BCUT2D eigenvalue weighted by molar-refractivity contribution is 0.397. The molecule has 94 valence electrons. The lowest BCUT2D eigenvalue weighted by Gasteiger charge is -2.14.